The lowest BCUT2D eigenvalue weighted by molar-refractivity contribution is 0.373. The number of aromatic nitrogens is 1. The molecule has 1 heterocycles. The summed E-state index contributed by atoms with van der Waals surface area (Å²) in [6.45, 7) is 2.04. The van der Waals surface area contributed by atoms with Crippen molar-refractivity contribution >= 4 is 43.0 Å². The molecule has 3 N–H and O–H groups in total. The van der Waals surface area contributed by atoms with Gasteiger partial charge in [-0.25, -0.2) is 4.98 Å². The van der Waals surface area contributed by atoms with Crippen LogP contribution in [0, 0.1) is 6.92 Å². The minimum absolute atomic E-state index is 0. The number of pyridine rings is 1. The number of aryl methyl sites for hydroxylation is 1. The Morgan fingerprint density at radius 3 is 2.31 bits per heavy atom. The number of halogens is 3. The van der Waals surface area contributed by atoms with Gasteiger partial charge in [-0.1, -0.05) is 6.07 Å². The van der Waals surface area contributed by atoms with E-state index < -0.39 is 0 Å². The van der Waals surface area contributed by atoms with E-state index in [0.717, 1.165) is 18.7 Å². The van der Waals surface area contributed by atoms with Crippen LogP contribution in [0.3, 0.4) is 0 Å². The highest BCUT2D eigenvalue weighted by Crippen LogP contribution is 2.21. The van der Waals surface area contributed by atoms with Gasteiger partial charge in [0, 0.05) is 18.3 Å². The molecule has 3 nitrogen and oxygen atoms in total. The summed E-state index contributed by atoms with van der Waals surface area (Å²) in [5.41, 5.74) is 6.88. The Morgan fingerprint density at radius 2 is 1.88 bits per heavy atom. The second-order valence-corrected chi connectivity index (χ2v) is 3.79. The van der Waals surface area contributed by atoms with E-state index in [0.29, 0.717) is 12.1 Å². The molecule has 0 aromatic carbocycles. The molecular formula is C10H18Cl3N3. The summed E-state index contributed by atoms with van der Waals surface area (Å²) in [7, 11) is 0. The van der Waals surface area contributed by atoms with Crippen molar-refractivity contribution in [2.45, 2.75) is 31.8 Å². The minimum atomic E-state index is 0. The molecule has 0 aliphatic heterocycles. The predicted octanol–water partition coefficient (Wildman–Crippen LogP) is 2.56. The third-order valence-corrected chi connectivity index (χ3v) is 2.44. The molecule has 0 unspecified atom stereocenters. The van der Waals surface area contributed by atoms with Crippen LogP contribution in [-0.2, 0) is 0 Å². The van der Waals surface area contributed by atoms with E-state index in [-0.39, 0.29) is 37.2 Å². The van der Waals surface area contributed by atoms with E-state index in [1.54, 1.807) is 0 Å². The largest absolute Gasteiger partial charge is 0.367 e. The summed E-state index contributed by atoms with van der Waals surface area (Å²) in [5, 5.41) is 3.34. The Kier molecular flexibility index (Phi) is 9.03. The highest BCUT2D eigenvalue weighted by molar-refractivity contribution is 5.86. The third kappa shape index (κ3) is 4.74. The van der Waals surface area contributed by atoms with Gasteiger partial charge < -0.3 is 11.1 Å². The Morgan fingerprint density at radius 1 is 1.25 bits per heavy atom. The van der Waals surface area contributed by atoms with Crippen LogP contribution >= 0.6 is 37.2 Å². The van der Waals surface area contributed by atoms with Gasteiger partial charge in [0.15, 0.2) is 0 Å². The monoisotopic (exact) mass is 285 g/mol. The number of rotatable bonds is 2. The number of nitrogens with one attached hydrogen (secondary N) is 1. The number of nitrogens with zero attached hydrogens (tertiary/aromatic N) is 1. The Bertz CT molecular complexity index is 286. The summed E-state index contributed by atoms with van der Waals surface area (Å²) in [5.74, 6) is 0.961. The predicted molar refractivity (Wildman–Crippen MR) is 75.3 cm³/mol. The molecule has 16 heavy (non-hydrogen) atoms. The summed E-state index contributed by atoms with van der Waals surface area (Å²) in [4.78, 5) is 4.27. The molecule has 6 heteroatoms. The van der Waals surface area contributed by atoms with Crippen LogP contribution in [0.2, 0.25) is 0 Å². The van der Waals surface area contributed by atoms with Crippen LogP contribution in [0.4, 0.5) is 5.82 Å². The SMILES string of the molecule is Cc1ccc(NC2CC(N)C2)nc1.Cl.Cl.Cl. The van der Waals surface area contributed by atoms with Gasteiger partial charge >= 0.3 is 0 Å². The van der Waals surface area contributed by atoms with Crippen LogP contribution in [0.25, 0.3) is 0 Å². The highest BCUT2D eigenvalue weighted by atomic mass is 35.5. The van der Waals surface area contributed by atoms with E-state index in [2.05, 4.69) is 16.4 Å². The van der Waals surface area contributed by atoms with E-state index in [1.807, 2.05) is 19.2 Å². The first kappa shape index (κ1) is 18.2. The van der Waals surface area contributed by atoms with Crippen molar-refractivity contribution in [3.63, 3.8) is 0 Å². The lowest BCUT2D eigenvalue weighted by Crippen LogP contribution is -2.44. The van der Waals surface area contributed by atoms with Gasteiger partial charge in [0.25, 0.3) is 0 Å². The van der Waals surface area contributed by atoms with Gasteiger partial charge in [-0.3, -0.25) is 0 Å². The molecule has 0 radical (unpaired) electrons. The quantitative estimate of drug-likeness (QED) is 0.878. The van der Waals surface area contributed by atoms with Crippen LogP contribution in [0.15, 0.2) is 18.3 Å². The van der Waals surface area contributed by atoms with Crippen LogP contribution in [-0.4, -0.2) is 17.1 Å². The van der Waals surface area contributed by atoms with Gasteiger partial charge in [0.05, 0.1) is 0 Å². The zero-order valence-electron chi connectivity index (χ0n) is 9.05. The molecule has 0 saturated heterocycles. The van der Waals surface area contributed by atoms with Crippen LogP contribution in [0.1, 0.15) is 18.4 Å². The van der Waals surface area contributed by atoms with Crippen molar-refractivity contribution < 1.29 is 0 Å². The molecule has 1 saturated carbocycles. The number of nitrogens with two attached hydrogens (primary N) is 1. The molecule has 1 aliphatic carbocycles. The zero-order chi connectivity index (χ0) is 9.26. The van der Waals surface area contributed by atoms with E-state index in [9.17, 15) is 0 Å². The first-order chi connectivity index (χ1) is 6.24. The maximum absolute atomic E-state index is 5.69. The van der Waals surface area contributed by atoms with Crippen LogP contribution in [0.5, 0.6) is 0 Å². The number of hydrogen-bond donors (Lipinski definition) is 2. The lowest BCUT2D eigenvalue weighted by atomic mass is 9.88. The van der Waals surface area contributed by atoms with Crippen LogP contribution < -0.4 is 11.1 Å². The van der Waals surface area contributed by atoms with Gasteiger partial charge in [0.2, 0.25) is 0 Å². The number of hydrogen-bond acceptors (Lipinski definition) is 3. The maximum Gasteiger partial charge on any atom is 0.126 e. The molecule has 0 amide bonds. The Hall–Kier alpha value is -0.220. The van der Waals surface area contributed by atoms with Gasteiger partial charge in [0.1, 0.15) is 5.82 Å². The van der Waals surface area contributed by atoms with Crippen molar-refractivity contribution in [2.24, 2.45) is 5.73 Å². The normalized spacial score (nSPS) is 21.6. The van der Waals surface area contributed by atoms with E-state index >= 15 is 0 Å². The fourth-order valence-corrected chi connectivity index (χ4v) is 1.54. The highest BCUT2D eigenvalue weighted by Gasteiger charge is 2.25. The first-order valence-corrected chi connectivity index (χ1v) is 4.69. The minimum Gasteiger partial charge on any atom is -0.367 e. The second-order valence-electron chi connectivity index (χ2n) is 3.79. The molecule has 94 valence electrons. The standard InChI is InChI=1S/C10H15N3.3ClH/c1-7-2-3-10(12-6-7)13-9-4-8(11)5-9;;;/h2-3,6,8-9H,4-5,11H2,1H3,(H,12,13);3*1H. The summed E-state index contributed by atoms with van der Waals surface area (Å²) < 4.78 is 0. The van der Waals surface area contributed by atoms with Crippen molar-refractivity contribution in [1.29, 1.82) is 0 Å². The summed E-state index contributed by atoms with van der Waals surface area (Å²) >= 11 is 0. The van der Waals surface area contributed by atoms with E-state index in [4.69, 9.17) is 5.73 Å². The Balaban J connectivity index is 0. The molecule has 0 atom stereocenters. The van der Waals surface area contributed by atoms with Gasteiger partial charge in [-0.2, -0.15) is 0 Å². The smallest absolute Gasteiger partial charge is 0.126 e. The summed E-state index contributed by atoms with van der Waals surface area (Å²) in [6.07, 6.45) is 4.01. The third-order valence-electron chi connectivity index (χ3n) is 2.44. The fourth-order valence-electron chi connectivity index (χ4n) is 1.54. The van der Waals surface area contributed by atoms with Gasteiger partial charge in [-0.05, 0) is 31.4 Å². The van der Waals surface area contributed by atoms with Gasteiger partial charge in [-0.15, -0.1) is 37.2 Å². The summed E-state index contributed by atoms with van der Waals surface area (Å²) in [6, 6.07) is 5.00. The molecule has 1 aromatic heterocycles. The first-order valence-electron chi connectivity index (χ1n) is 4.69. The maximum atomic E-state index is 5.69. The second kappa shape index (κ2) is 7.96. The molecule has 1 aliphatic rings. The van der Waals surface area contributed by atoms with Crippen molar-refractivity contribution in [3.05, 3.63) is 23.9 Å². The molecule has 2 rings (SSSR count). The number of anilines is 1. The van der Waals surface area contributed by atoms with Crippen molar-refractivity contribution in [2.75, 3.05) is 5.32 Å². The average molecular weight is 287 g/mol. The topological polar surface area (TPSA) is 50.9 Å². The van der Waals surface area contributed by atoms with Crippen molar-refractivity contribution in [1.82, 2.24) is 4.98 Å². The molecule has 1 fully saturated rings. The zero-order valence-corrected chi connectivity index (χ0v) is 11.5. The lowest BCUT2D eigenvalue weighted by Gasteiger charge is -2.33. The molecule has 0 bridgehead atoms. The average Bonchev–Trinajstić information content (AvgIpc) is 2.06. The fraction of sp³-hybridized carbons (Fsp3) is 0.500. The van der Waals surface area contributed by atoms with Crippen molar-refractivity contribution in [3.8, 4) is 0 Å². The molecular weight excluding hydrogens is 268 g/mol. The van der Waals surface area contributed by atoms with E-state index in [1.165, 1.54) is 5.56 Å². The Labute approximate surface area is 115 Å². The molecule has 1 aromatic rings. The molecule has 0 spiro atoms.